The van der Waals surface area contributed by atoms with Crippen molar-refractivity contribution in [2.75, 3.05) is 0 Å². The molecule has 0 heterocycles. The molecule has 0 spiro atoms. The monoisotopic (exact) mass is 218 g/mol. The zero-order valence-electron chi connectivity index (χ0n) is 9.57. The number of carbonyl (C=O) groups is 1. The van der Waals surface area contributed by atoms with Crippen molar-refractivity contribution in [1.82, 2.24) is 5.32 Å². The number of nitrogens with two attached hydrogens (primary N) is 1. The van der Waals surface area contributed by atoms with Crippen LogP contribution in [0.25, 0.3) is 0 Å². The number of urea groups is 1. The maximum absolute atomic E-state index is 10.6. The van der Waals surface area contributed by atoms with Crippen LogP contribution in [0.3, 0.4) is 0 Å². The Labute approximate surface area is 96.3 Å². The second-order valence-electron chi connectivity index (χ2n) is 3.95. The molecule has 0 fully saturated rings. The van der Waals surface area contributed by atoms with Gasteiger partial charge < -0.3 is 11.1 Å². The third-order valence-corrected chi connectivity index (χ3v) is 2.42. The first-order valence-corrected chi connectivity index (χ1v) is 5.35. The molecule has 0 aliphatic carbocycles. The van der Waals surface area contributed by atoms with Gasteiger partial charge in [-0.2, -0.15) is 0 Å². The Bertz CT molecular complexity index is 374. The van der Waals surface area contributed by atoms with Gasteiger partial charge in [-0.1, -0.05) is 37.3 Å². The largest absolute Gasteiger partial charge is 0.352 e. The van der Waals surface area contributed by atoms with Gasteiger partial charge in [0, 0.05) is 6.54 Å². The summed E-state index contributed by atoms with van der Waals surface area (Å²) in [4.78, 5) is 10.6. The van der Waals surface area contributed by atoms with Crippen LogP contribution < -0.4 is 11.1 Å². The number of hydrogen-bond donors (Lipinski definition) is 2. The van der Waals surface area contributed by atoms with Crippen molar-refractivity contribution in [2.24, 2.45) is 11.7 Å². The van der Waals surface area contributed by atoms with E-state index in [-0.39, 0.29) is 0 Å². The van der Waals surface area contributed by atoms with E-state index in [1.54, 1.807) is 0 Å². The van der Waals surface area contributed by atoms with Gasteiger partial charge in [-0.3, -0.25) is 0 Å². The Hall–Kier alpha value is -1.77. The lowest BCUT2D eigenvalue weighted by molar-refractivity contribution is 0.248. The summed E-state index contributed by atoms with van der Waals surface area (Å²) in [5, 5.41) is 2.58. The molecule has 3 N–H and O–H groups in total. The van der Waals surface area contributed by atoms with Crippen LogP contribution >= 0.6 is 0 Å². The molecular formula is C13H18N2O. The summed E-state index contributed by atoms with van der Waals surface area (Å²) in [6.45, 7) is 6.37. The van der Waals surface area contributed by atoms with E-state index in [1.165, 1.54) is 5.56 Å². The summed E-state index contributed by atoms with van der Waals surface area (Å²) in [5.74, 6) is 0.458. The topological polar surface area (TPSA) is 55.1 Å². The summed E-state index contributed by atoms with van der Waals surface area (Å²) in [5.41, 5.74) is 7.33. The van der Waals surface area contributed by atoms with Crippen molar-refractivity contribution >= 4 is 6.03 Å². The molecule has 3 nitrogen and oxygen atoms in total. The van der Waals surface area contributed by atoms with Crippen molar-refractivity contribution in [1.29, 1.82) is 0 Å². The standard InChI is InChI=1S/C13H18N2O/c1-3-10(2)7-11-5-4-6-12(8-11)9-15-13(14)16/h3-6,8,10H,1,7,9H2,2H3,(H3,14,15,16). The second kappa shape index (κ2) is 5.95. The first-order chi connectivity index (χ1) is 7.61. The van der Waals surface area contributed by atoms with Crippen LogP contribution in [0.2, 0.25) is 0 Å². The van der Waals surface area contributed by atoms with Crippen molar-refractivity contribution in [2.45, 2.75) is 19.9 Å². The van der Waals surface area contributed by atoms with Gasteiger partial charge in [0.15, 0.2) is 0 Å². The fourth-order valence-electron chi connectivity index (χ4n) is 1.51. The van der Waals surface area contributed by atoms with Gasteiger partial charge in [0.25, 0.3) is 0 Å². The summed E-state index contributed by atoms with van der Waals surface area (Å²) in [6, 6.07) is 7.62. The first-order valence-electron chi connectivity index (χ1n) is 5.35. The summed E-state index contributed by atoms with van der Waals surface area (Å²) < 4.78 is 0. The van der Waals surface area contributed by atoms with Crippen molar-refractivity contribution < 1.29 is 4.79 Å². The third kappa shape index (κ3) is 4.17. The lowest BCUT2D eigenvalue weighted by Crippen LogP contribution is -2.28. The number of carbonyl (C=O) groups excluding carboxylic acids is 1. The van der Waals surface area contributed by atoms with Gasteiger partial charge in [-0.05, 0) is 23.5 Å². The SMILES string of the molecule is C=CC(C)Cc1cccc(CNC(N)=O)c1. The quantitative estimate of drug-likeness (QED) is 0.731. The van der Waals surface area contributed by atoms with Gasteiger partial charge in [0.05, 0.1) is 0 Å². The van der Waals surface area contributed by atoms with Crippen LogP contribution in [0, 0.1) is 5.92 Å². The lowest BCUT2D eigenvalue weighted by Gasteiger charge is -2.08. The number of amides is 2. The molecule has 1 aromatic rings. The Morgan fingerprint density at radius 3 is 2.88 bits per heavy atom. The molecule has 0 saturated heterocycles. The second-order valence-corrected chi connectivity index (χ2v) is 3.95. The molecule has 0 radical (unpaired) electrons. The number of hydrogen-bond acceptors (Lipinski definition) is 1. The highest BCUT2D eigenvalue weighted by molar-refractivity contribution is 5.71. The van der Waals surface area contributed by atoms with Crippen LogP contribution in [0.1, 0.15) is 18.1 Å². The predicted molar refractivity (Wildman–Crippen MR) is 65.9 cm³/mol. The van der Waals surface area contributed by atoms with Crippen LogP contribution in [-0.4, -0.2) is 6.03 Å². The smallest absolute Gasteiger partial charge is 0.312 e. The van der Waals surface area contributed by atoms with Crippen LogP contribution in [0.5, 0.6) is 0 Å². The van der Waals surface area contributed by atoms with E-state index in [2.05, 4.69) is 31.0 Å². The molecule has 16 heavy (non-hydrogen) atoms. The van der Waals surface area contributed by atoms with Crippen molar-refractivity contribution in [3.05, 3.63) is 48.0 Å². The zero-order chi connectivity index (χ0) is 12.0. The zero-order valence-corrected chi connectivity index (χ0v) is 9.57. The third-order valence-electron chi connectivity index (χ3n) is 2.42. The number of allylic oxidation sites excluding steroid dienone is 1. The average molecular weight is 218 g/mol. The Kier molecular flexibility index (Phi) is 4.58. The number of primary amides is 1. The highest BCUT2D eigenvalue weighted by Crippen LogP contribution is 2.11. The molecule has 2 amide bonds. The predicted octanol–water partition coefficient (Wildman–Crippen LogP) is 2.22. The van der Waals surface area contributed by atoms with E-state index in [0.717, 1.165) is 12.0 Å². The van der Waals surface area contributed by atoms with E-state index in [9.17, 15) is 4.79 Å². The van der Waals surface area contributed by atoms with Gasteiger partial charge in [0.1, 0.15) is 0 Å². The first kappa shape index (κ1) is 12.3. The minimum Gasteiger partial charge on any atom is -0.352 e. The molecule has 0 saturated carbocycles. The number of nitrogens with one attached hydrogen (secondary N) is 1. The van der Waals surface area contributed by atoms with Crippen LogP contribution in [0.4, 0.5) is 4.79 Å². The minimum atomic E-state index is -0.495. The van der Waals surface area contributed by atoms with Gasteiger partial charge in [-0.15, -0.1) is 6.58 Å². The highest BCUT2D eigenvalue weighted by Gasteiger charge is 2.01. The van der Waals surface area contributed by atoms with E-state index < -0.39 is 6.03 Å². The highest BCUT2D eigenvalue weighted by atomic mass is 16.2. The van der Waals surface area contributed by atoms with Crippen LogP contribution in [0.15, 0.2) is 36.9 Å². The minimum absolute atomic E-state index is 0.458. The summed E-state index contributed by atoms with van der Waals surface area (Å²) in [6.07, 6.45) is 2.91. The molecule has 86 valence electrons. The number of rotatable bonds is 5. The molecule has 0 aliphatic rings. The number of benzene rings is 1. The van der Waals surface area contributed by atoms with E-state index in [1.807, 2.05) is 18.2 Å². The molecule has 1 unspecified atom stereocenters. The van der Waals surface area contributed by atoms with Gasteiger partial charge in [-0.25, -0.2) is 4.79 Å². The molecule has 1 aromatic carbocycles. The molecule has 0 aromatic heterocycles. The Balaban J connectivity index is 2.63. The molecular weight excluding hydrogens is 200 g/mol. The summed E-state index contributed by atoms with van der Waals surface area (Å²) >= 11 is 0. The normalized spacial score (nSPS) is 11.8. The maximum atomic E-state index is 10.6. The molecule has 0 aliphatic heterocycles. The lowest BCUT2D eigenvalue weighted by atomic mass is 10.00. The maximum Gasteiger partial charge on any atom is 0.312 e. The molecule has 1 atom stereocenters. The van der Waals surface area contributed by atoms with E-state index in [0.29, 0.717) is 12.5 Å². The van der Waals surface area contributed by atoms with Gasteiger partial charge >= 0.3 is 6.03 Å². The molecule has 0 bridgehead atoms. The Morgan fingerprint density at radius 2 is 2.25 bits per heavy atom. The van der Waals surface area contributed by atoms with Crippen LogP contribution in [-0.2, 0) is 13.0 Å². The van der Waals surface area contributed by atoms with Gasteiger partial charge in [0.2, 0.25) is 0 Å². The fourth-order valence-corrected chi connectivity index (χ4v) is 1.51. The molecule has 1 rings (SSSR count). The van der Waals surface area contributed by atoms with Crippen molar-refractivity contribution in [3.63, 3.8) is 0 Å². The summed E-state index contributed by atoms with van der Waals surface area (Å²) in [7, 11) is 0. The van der Waals surface area contributed by atoms with Crippen molar-refractivity contribution in [3.8, 4) is 0 Å². The molecule has 3 heteroatoms. The Morgan fingerprint density at radius 1 is 1.56 bits per heavy atom. The fraction of sp³-hybridized carbons (Fsp3) is 0.308. The average Bonchev–Trinajstić information content (AvgIpc) is 2.26. The van der Waals surface area contributed by atoms with E-state index in [4.69, 9.17) is 5.73 Å². The van der Waals surface area contributed by atoms with E-state index >= 15 is 0 Å².